The van der Waals surface area contributed by atoms with Crippen LogP contribution >= 0.6 is 11.8 Å². The summed E-state index contributed by atoms with van der Waals surface area (Å²) < 4.78 is 5.44. The summed E-state index contributed by atoms with van der Waals surface area (Å²) in [6, 6.07) is 7.71. The lowest BCUT2D eigenvalue weighted by Crippen LogP contribution is -2.48. The zero-order valence-corrected chi connectivity index (χ0v) is 18.1. The Morgan fingerprint density at radius 1 is 1.19 bits per heavy atom. The molecule has 2 rings (SSSR count). The highest BCUT2D eigenvalue weighted by molar-refractivity contribution is 7.99. The molecule has 5 nitrogen and oxygen atoms in total. The number of carbonyl (C=O) groups is 2. The zero-order valence-electron chi connectivity index (χ0n) is 17.2. The van der Waals surface area contributed by atoms with Gasteiger partial charge in [-0.15, -0.1) is 11.8 Å². The predicted octanol–water partition coefficient (Wildman–Crippen LogP) is 4.76. The minimum atomic E-state index is -0.566. The number of likely N-dealkylation sites (tertiary alicyclic amines) is 1. The van der Waals surface area contributed by atoms with Crippen LogP contribution in [0.3, 0.4) is 0 Å². The number of hydrogen-bond acceptors (Lipinski definition) is 4. The summed E-state index contributed by atoms with van der Waals surface area (Å²) in [5.41, 5.74) is 0.488. The summed E-state index contributed by atoms with van der Waals surface area (Å²) in [7, 11) is 0. The molecule has 0 radical (unpaired) electrons. The standard InChI is InChI=1S/C21H32N2O3S/c1-14(2)27-17-11-9-16(10-12-17)15(3)22-19(24)18-8-7-13-23(18)20(25)26-21(4,5)6/h9-12,14-15,18H,7-8,13H2,1-6H3,(H,22,24). The van der Waals surface area contributed by atoms with E-state index >= 15 is 0 Å². The number of rotatable bonds is 5. The Bertz CT molecular complexity index is 652. The van der Waals surface area contributed by atoms with E-state index in [0.717, 1.165) is 12.0 Å². The minimum Gasteiger partial charge on any atom is -0.444 e. The van der Waals surface area contributed by atoms with Gasteiger partial charge >= 0.3 is 6.09 Å². The molecule has 27 heavy (non-hydrogen) atoms. The molecule has 2 amide bonds. The maximum atomic E-state index is 12.8. The quantitative estimate of drug-likeness (QED) is 0.734. The molecular formula is C21H32N2O3S. The number of hydrogen-bond donors (Lipinski definition) is 1. The summed E-state index contributed by atoms with van der Waals surface area (Å²) in [5, 5.41) is 3.59. The number of nitrogens with zero attached hydrogens (tertiary/aromatic N) is 1. The zero-order chi connectivity index (χ0) is 20.2. The van der Waals surface area contributed by atoms with Crippen LogP contribution in [0.1, 0.15) is 66.0 Å². The highest BCUT2D eigenvalue weighted by Crippen LogP contribution is 2.25. The number of benzene rings is 1. The molecule has 1 aromatic carbocycles. The van der Waals surface area contributed by atoms with Gasteiger partial charge in [-0.2, -0.15) is 0 Å². The average molecular weight is 393 g/mol. The van der Waals surface area contributed by atoms with E-state index in [0.29, 0.717) is 18.2 Å². The van der Waals surface area contributed by atoms with Crippen molar-refractivity contribution in [2.75, 3.05) is 6.54 Å². The fourth-order valence-corrected chi connectivity index (χ4v) is 3.92. The number of ether oxygens (including phenoxy) is 1. The Hall–Kier alpha value is -1.69. The van der Waals surface area contributed by atoms with Crippen molar-refractivity contribution in [2.24, 2.45) is 0 Å². The number of amides is 2. The first-order valence-corrected chi connectivity index (χ1v) is 10.5. The van der Waals surface area contributed by atoms with Crippen LogP contribution in [0.15, 0.2) is 29.2 Å². The first kappa shape index (κ1) is 21.6. The Morgan fingerprint density at radius 2 is 1.81 bits per heavy atom. The van der Waals surface area contributed by atoms with E-state index in [9.17, 15) is 9.59 Å². The molecule has 0 bridgehead atoms. The normalized spacial score (nSPS) is 18.5. The van der Waals surface area contributed by atoms with E-state index < -0.39 is 17.7 Å². The second-order valence-electron chi connectivity index (χ2n) is 8.30. The molecule has 1 aromatic rings. The Balaban J connectivity index is 1.97. The van der Waals surface area contributed by atoms with Gasteiger partial charge in [0.25, 0.3) is 0 Å². The summed E-state index contributed by atoms with van der Waals surface area (Å²) in [6.45, 7) is 12.4. The smallest absolute Gasteiger partial charge is 0.410 e. The predicted molar refractivity (Wildman–Crippen MR) is 110 cm³/mol. The fourth-order valence-electron chi connectivity index (χ4n) is 3.08. The molecular weight excluding hydrogens is 360 g/mol. The first-order chi connectivity index (χ1) is 12.6. The van der Waals surface area contributed by atoms with E-state index in [1.807, 2.05) is 39.5 Å². The van der Waals surface area contributed by atoms with Crippen molar-refractivity contribution in [3.63, 3.8) is 0 Å². The van der Waals surface area contributed by atoms with Gasteiger partial charge in [-0.25, -0.2) is 4.79 Å². The molecule has 0 aromatic heterocycles. The van der Waals surface area contributed by atoms with Crippen LogP contribution in [0.5, 0.6) is 0 Å². The van der Waals surface area contributed by atoms with E-state index in [2.05, 4.69) is 43.4 Å². The SMILES string of the molecule is CC(C)Sc1ccc(C(C)NC(=O)C2CCCN2C(=O)OC(C)(C)C)cc1. The number of nitrogens with one attached hydrogen (secondary N) is 1. The molecule has 1 saturated heterocycles. The van der Waals surface area contributed by atoms with E-state index in [1.54, 1.807) is 4.90 Å². The molecule has 2 unspecified atom stereocenters. The average Bonchev–Trinajstić information content (AvgIpc) is 3.03. The fraction of sp³-hybridized carbons (Fsp3) is 0.619. The molecule has 150 valence electrons. The lowest BCUT2D eigenvalue weighted by atomic mass is 10.1. The summed E-state index contributed by atoms with van der Waals surface area (Å²) in [6.07, 6.45) is 1.07. The molecule has 1 fully saturated rings. The van der Waals surface area contributed by atoms with Crippen molar-refractivity contribution < 1.29 is 14.3 Å². The van der Waals surface area contributed by atoms with Crippen LogP contribution in [-0.2, 0) is 9.53 Å². The molecule has 1 heterocycles. The molecule has 0 saturated carbocycles. The van der Waals surface area contributed by atoms with Gasteiger partial charge in [0.15, 0.2) is 0 Å². The minimum absolute atomic E-state index is 0.114. The van der Waals surface area contributed by atoms with Crippen molar-refractivity contribution in [3.8, 4) is 0 Å². The van der Waals surface area contributed by atoms with E-state index in [-0.39, 0.29) is 11.9 Å². The van der Waals surface area contributed by atoms with Crippen molar-refractivity contribution in [1.29, 1.82) is 0 Å². The third-order valence-electron chi connectivity index (χ3n) is 4.29. The molecule has 1 aliphatic heterocycles. The molecule has 0 spiro atoms. The number of carbonyl (C=O) groups excluding carboxylic acids is 2. The van der Waals surface area contributed by atoms with Crippen LogP contribution in [0.2, 0.25) is 0 Å². The van der Waals surface area contributed by atoms with Gasteiger partial charge in [-0.1, -0.05) is 26.0 Å². The van der Waals surface area contributed by atoms with Gasteiger partial charge in [0.1, 0.15) is 11.6 Å². The second-order valence-corrected chi connectivity index (χ2v) is 9.95. The van der Waals surface area contributed by atoms with Crippen LogP contribution in [0, 0.1) is 0 Å². The maximum absolute atomic E-state index is 12.8. The summed E-state index contributed by atoms with van der Waals surface area (Å²) in [5.74, 6) is -0.119. The highest BCUT2D eigenvalue weighted by Gasteiger charge is 2.36. The van der Waals surface area contributed by atoms with E-state index in [1.165, 1.54) is 4.90 Å². The third kappa shape index (κ3) is 6.45. The second kappa shape index (κ2) is 9.00. The number of thioether (sulfide) groups is 1. The Labute approximate surface area is 167 Å². The van der Waals surface area contributed by atoms with Crippen LogP contribution < -0.4 is 5.32 Å². The lowest BCUT2D eigenvalue weighted by molar-refractivity contribution is -0.126. The maximum Gasteiger partial charge on any atom is 0.410 e. The summed E-state index contributed by atoms with van der Waals surface area (Å²) >= 11 is 1.82. The van der Waals surface area contributed by atoms with Gasteiger partial charge in [0, 0.05) is 16.7 Å². The van der Waals surface area contributed by atoms with Gasteiger partial charge in [-0.3, -0.25) is 9.69 Å². The van der Waals surface area contributed by atoms with Crippen LogP contribution in [-0.4, -0.2) is 40.3 Å². The van der Waals surface area contributed by atoms with Crippen LogP contribution in [0.4, 0.5) is 4.79 Å². The van der Waals surface area contributed by atoms with Crippen molar-refractivity contribution in [2.45, 2.75) is 82.2 Å². The van der Waals surface area contributed by atoms with Crippen LogP contribution in [0.25, 0.3) is 0 Å². The van der Waals surface area contributed by atoms with Gasteiger partial charge in [0.05, 0.1) is 6.04 Å². The molecule has 6 heteroatoms. The van der Waals surface area contributed by atoms with Crippen molar-refractivity contribution in [1.82, 2.24) is 10.2 Å². The van der Waals surface area contributed by atoms with E-state index in [4.69, 9.17) is 4.74 Å². The monoisotopic (exact) mass is 392 g/mol. The van der Waals surface area contributed by atoms with Crippen molar-refractivity contribution >= 4 is 23.8 Å². The third-order valence-corrected chi connectivity index (χ3v) is 5.31. The first-order valence-electron chi connectivity index (χ1n) is 9.63. The molecule has 1 N–H and O–H groups in total. The largest absolute Gasteiger partial charge is 0.444 e. The molecule has 2 atom stereocenters. The molecule has 0 aliphatic carbocycles. The lowest BCUT2D eigenvalue weighted by Gasteiger charge is -2.28. The summed E-state index contributed by atoms with van der Waals surface area (Å²) in [4.78, 5) is 27.9. The van der Waals surface area contributed by atoms with Gasteiger partial charge in [0.2, 0.25) is 5.91 Å². The highest BCUT2D eigenvalue weighted by atomic mass is 32.2. The molecule has 1 aliphatic rings. The van der Waals surface area contributed by atoms with Gasteiger partial charge < -0.3 is 10.1 Å². The van der Waals surface area contributed by atoms with Crippen molar-refractivity contribution in [3.05, 3.63) is 29.8 Å². The topological polar surface area (TPSA) is 58.6 Å². The Kier molecular flexibility index (Phi) is 7.20. The van der Waals surface area contributed by atoms with Gasteiger partial charge in [-0.05, 0) is 58.2 Å². The Morgan fingerprint density at radius 3 is 2.37 bits per heavy atom.